The number of benzene rings is 1. The van der Waals surface area contributed by atoms with Crippen LogP contribution in [0.25, 0.3) is 0 Å². The zero-order valence-electron chi connectivity index (χ0n) is 9.84. The van der Waals surface area contributed by atoms with Gasteiger partial charge in [-0.2, -0.15) is 10.1 Å². The highest BCUT2D eigenvalue weighted by Crippen LogP contribution is 2.24. The van der Waals surface area contributed by atoms with E-state index in [9.17, 15) is 9.90 Å². The minimum atomic E-state index is -1.19. The summed E-state index contributed by atoms with van der Waals surface area (Å²) in [7, 11) is 0. The van der Waals surface area contributed by atoms with E-state index in [2.05, 4.69) is 20.5 Å². The molecule has 1 heterocycles. The third-order valence-corrected chi connectivity index (χ3v) is 2.55. The topological polar surface area (TPSA) is 111 Å². The summed E-state index contributed by atoms with van der Waals surface area (Å²) >= 11 is 4.86. The number of carbonyl (C=O) groups is 1. The predicted octanol–water partition coefficient (Wildman–Crippen LogP) is 1.99. The Morgan fingerprint density at radius 3 is 2.84 bits per heavy atom. The van der Waals surface area contributed by atoms with E-state index in [1.807, 2.05) is 0 Å². The van der Waals surface area contributed by atoms with Gasteiger partial charge in [-0.15, -0.1) is 0 Å². The van der Waals surface area contributed by atoms with Crippen LogP contribution in [0.4, 0.5) is 11.5 Å². The zero-order chi connectivity index (χ0) is 14.0. The first-order chi connectivity index (χ1) is 8.97. The van der Waals surface area contributed by atoms with Crippen molar-refractivity contribution in [3.05, 3.63) is 34.2 Å². The monoisotopic (exact) mass is 278 g/mol. The van der Waals surface area contributed by atoms with Gasteiger partial charge >= 0.3 is 5.97 Å². The number of carboxylic acids is 1. The van der Waals surface area contributed by atoms with E-state index < -0.39 is 5.97 Å². The molecule has 0 fully saturated rings. The molecule has 0 unspecified atom stereocenters. The molecule has 0 radical (unpaired) electrons. The maximum absolute atomic E-state index is 10.8. The van der Waals surface area contributed by atoms with Crippen molar-refractivity contribution >= 4 is 29.7 Å². The molecule has 2 rings (SSSR count). The maximum atomic E-state index is 10.8. The first kappa shape index (κ1) is 13.0. The number of hydrogen-bond acceptors (Lipinski definition) is 6. The van der Waals surface area contributed by atoms with Gasteiger partial charge in [0.25, 0.3) is 0 Å². The van der Waals surface area contributed by atoms with E-state index in [0.29, 0.717) is 17.2 Å². The quantitative estimate of drug-likeness (QED) is 0.635. The van der Waals surface area contributed by atoms with E-state index in [1.165, 1.54) is 18.2 Å². The van der Waals surface area contributed by atoms with Crippen molar-refractivity contribution in [3.63, 3.8) is 0 Å². The van der Waals surface area contributed by atoms with Crippen molar-refractivity contribution in [2.45, 2.75) is 6.92 Å². The summed E-state index contributed by atoms with van der Waals surface area (Å²) in [6.07, 6.45) is 0. The normalized spacial score (nSPS) is 10.2. The van der Waals surface area contributed by atoms with Crippen molar-refractivity contribution in [2.24, 2.45) is 0 Å². The van der Waals surface area contributed by atoms with Crippen LogP contribution in [0.2, 0.25) is 0 Å². The second-order valence-electron chi connectivity index (χ2n) is 3.74. The number of anilines is 2. The number of aromatic amines is 1. The van der Waals surface area contributed by atoms with Crippen LogP contribution in [0.3, 0.4) is 0 Å². The van der Waals surface area contributed by atoms with Crippen LogP contribution in [0, 0.1) is 11.7 Å². The zero-order valence-corrected chi connectivity index (χ0v) is 10.7. The van der Waals surface area contributed by atoms with Gasteiger partial charge in [0.15, 0.2) is 5.82 Å². The lowest BCUT2D eigenvalue weighted by atomic mass is 10.2. The molecule has 0 atom stereocenters. The van der Waals surface area contributed by atoms with Gasteiger partial charge in [0.2, 0.25) is 4.77 Å². The highest BCUT2D eigenvalue weighted by molar-refractivity contribution is 7.71. The number of nitrogens with one attached hydrogen (secondary N) is 2. The fourth-order valence-corrected chi connectivity index (χ4v) is 1.57. The Morgan fingerprint density at radius 1 is 1.47 bits per heavy atom. The van der Waals surface area contributed by atoms with Gasteiger partial charge in [-0.05, 0) is 31.3 Å². The summed E-state index contributed by atoms with van der Waals surface area (Å²) in [6, 6.07) is 4.11. The second-order valence-corrected chi connectivity index (χ2v) is 4.12. The predicted molar refractivity (Wildman–Crippen MR) is 70.3 cm³/mol. The number of rotatable bonds is 3. The molecule has 0 saturated carbocycles. The van der Waals surface area contributed by atoms with Gasteiger partial charge in [-0.25, -0.2) is 4.79 Å². The van der Waals surface area contributed by atoms with Gasteiger partial charge in [-0.3, -0.25) is 5.10 Å². The molecule has 1 aromatic carbocycles. The minimum Gasteiger partial charge on any atom is -0.507 e. The Kier molecular flexibility index (Phi) is 3.43. The van der Waals surface area contributed by atoms with E-state index in [-0.39, 0.29) is 16.1 Å². The standard InChI is InChI=1S/C11H10N4O3S/c1-5-9(13-11(19)15-14-5)12-6-2-3-7(10(17)18)8(16)4-6/h2-4,16H,1H3,(H,17,18)(H2,12,13,15,19). The van der Waals surface area contributed by atoms with E-state index >= 15 is 0 Å². The molecule has 0 aliphatic heterocycles. The van der Waals surface area contributed by atoms with Crippen molar-refractivity contribution in [1.29, 1.82) is 0 Å². The molecule has 19 heavy (non-hydrogen) atoms. The third kappa shape index (κ3) is 2.86. The third-order valence-electron chi connectivity index (χ3n) is 2.37. The van der Waals surface area contributed by atoms with Crippen molar-refractivity contribution in [3.8, 4) is 5.75 Å². The minimum absolute atomic E-state index is 0.168. The van der Waals surface area contributed by atoms with Crippen LogP contribution in [0.5, 0.6) is 5.75 Å². The summed E-state index contributed by atoms with van der Waals surface area (Å²) in [5.41, 5.74) is 0.912. The highest BCUT2D eigenvalue weighted by Gasteiger charge is 2.10. The fourth-order valence-electron chi connectivity index (χ4n) is 1.44. The number of carboxylic acid groups (broad SMARTS) is 1. The Hall–Kier alpha value is -2.48. The summed E-state index contributed by atoms with van der Waals surface area (Å²) in [4.78, 5) is 14.8. The lowest BCUT2D eigenvalue weighted by molar-refractivity contribution is 0.0694. The Morgan fingerprint density at radius 2 is 2.21 bits per heavy atom. The first-order valence-electron chi connectivity index (χ1n) is 5.24. The number of phenols is 1. The molecule has 7 nitrogen and oxygen atoms in total. The summed E-state index contributed by atoms with van der Waals surface area (Å²) in [6.45, 7) is 1.73. The first-order valence-corrected chi connectivity index (χ1v) is 5.65. The number of aryl methyl sites for hydroxylation is 1. The fraction of sp³-hybridized carbons (Fsp3) is 0.0909. The average Bonchev–Trinajstić information content (AvgIpc) is 2.33. The van der Waals surface area contributed by atoms with Crippen LogP contribution in [-0.4, -0.2) is 31.4 Å². The van der Waals surface area contributed by atoms with Crippen molar-refractivity contribution in [1.82, 2.24) is 15.2 Å². The number of aromatic nitrogens is 3. The molecule has 4 N–H and O–H groups in total. The summed E-state index contributed by atoms with van der Waals surface area (Å²) in [5, 5.41) is 27.8. The molecule has 98 valence electrons. The van der Waals surface area contributed by atoms with Gasteiger partial charge < -0.3 is 15.5 Å². The molecular formula is C11H10N4O3S. The largest absolute Gasteiger partial charge is 0.507 e. The second kappa shape index (κ2) is 5.02. The molecule has 0 aliphatic carbocycles. The molecule has 0 spiro atoms. The van der Waals surface area contributed by atoms with Crippen molar-refractivity contribution < 1.29 is 15.0 Å². The average molecular weight is 278 g/mol. The number of H-pyrrole nitrogens is 1. The van der Waals surface area contributed by atoms with Crippen molar-refractivity contribution in [2.75, 3.05) is 5.32 Å². The van der Waals surface area contributed by atoms with Crippen LogP contribution >= 0.6 is 12.2 Å². The molecule has 0 amide bonds. The number of aromatic hydroxyl groups is 1. The van der Waals surface area contributed by atoms with Crippen LogP contribution in [0.15, 0.2) is 18.2 Å². The van der Waals surface area contributed by atoms with Crippen LogP contribution in [-0.2, 0) is 0 Å². The molecule has 1 aromatic heterocycles. The lowest BCUT2D eigenvalue weighted by Gasteiger charge is -2.08. The molecule has 8 heteroatoms. The lowest BCUT2D eigenvalue weighted by Crippen LogP contribution is -2.02. The Labute approximate surface area is 113 Å². The number of nitrogens with zero attached hydrogens (tertiary/aromatic N) is 2. The summed E-state index contributed by atoms with van der Waals surface area (Å²) in [5.74, 6) is -1.09. The Bertz CT molecular complexity index is 699. The molecular weight excluding hydrogens is 268 g/mol. The van der Waals surface area contributed by atoms with Gasteiger partial charge in [0, 0.05) is 11.8 Å². The van der Waals surface area contributed by atoms with Gasteiger partial charge in [-0.1, -0.05) is 0 Å². The van der Waals surface area contributed by atoms with Gasteiger partial charge in [0.1, 0.15) is 17.0 Å². The van der Waals surface area contributed by atoms with E-state index in [4.69, 9.17) is 17.3 Å². The number of aromatic carboxylic acids is 1. The highest BCUT2D eigenvalue weighted by atomic mass is 32.1. The van der Waals surface area contributed by atoms with Gasteiger partial charge in [0.05, 0.1) is 0 Å². The smallest absolute Gasteiger partial charge is 0.339 e. The molecule has 0 bridgehead atoms. The Balaban J connectivity index is 2.34. The van der Waals surface area contributed by atoms with Crippen LogP contribution < -0.4 is 5.32 Å². The molecule has 0 saturated heterocycles. The maximum Gasteiger partial charge on any atom is 0.339 e. The van der Waals surface area contributed by atoms with E-state index in [1.54, 1.807) is 6.92 Å². The molecule has 2 aromatic rings. The van der Waals surface area contributed by atoms with E-state index in [0.717, 1.165) is 0 Å². The molecule has 0 aliphatic rings. The van der Waals surface area contributed by atoms with Crippen LogP contribution in [0.1, 0.15) is 16.1 Å². The SMILES string of the molecule is Cc1n[nH]c(=S)nc1Nc1ccc(C(=O)O)c(O)c1. The number of hydrogen-bond donors (Lipinski definition) is 4. The summed E-state index contributed by atoms with van der Waals surface area (Å²) < 4.78 is 0.222.